The van der Waals surface area contributed by atoms with Crippen molar-refractivity contribution in [1.29, 1.82) is 0 Å². The highest BCUT2D eigenvalue weighted by Gasteiger charge is 2.26. The molecule has 0 saturated carbocycles. The van der Waals surface area contributed by atoms with Gasteiger partial charge < -0.3 is 9.84 Å². The summed E-state index contributed by atoms with van der Waals surface area (Å²) < 4.78 is 5.40. The number of hydrogen-bond donors (Lipinski definition) is 1. The van der Waals surface area contributed by atoms with Crippen LogP contribution in [0.5, 0.6) is 5.75 Å². The Bertz CT molecular complexity index is 552. The second-order valence-corrected chi connectivity index (χ2v) is 4.86. The van der Waals surface area contributed by atoms with Gasteiger partial charge in [-0.3, -0.25) is 4.98 Å². The largest absolute Gasteiger partial charge is 0.492 e. The third kappa shape index (κ3) is 3.06. The molecule has 0 aliphatic rings. The molecule has 2 rings (SSSR count). The van der Waals surface area contributed by atoms with Crippen LogP contribution in [-0.4, -0.2) is 16.7 Å². The number of nitrogens with zero attached hydrogens (tertiary/aromatic N) is 1. The van der Waals surface area contributed by atoms with Crippen molar-refractivity contribution in [1.82, 2.24) is 4.98 Å². The van der Waals surface area contributed by atoms with Crippen LogP contribution >= 0.6 is 11.6 Å². The molecule has 2 aromatic rings. The van der Waals surface area contributed by atoms with E-state index in [2.05, 4.69) is 4.98 Å². The Morgan fingerprint density at radius 1 is 1.21 bits per heavy atom. The smallest absolute Gasteiger partial charge is 0.137 e. The zero-order chi connectivity index (χ0) is 13.9. The summed E-state index contributed by atoms with van der Waals surface area (Å²) in [5, 5.41) is 11.3. The van der Waals surface area contributed by atoms with Crippen LogP contribution in [0.3, 0.4) is 0 Å². The van der Waals surface area contributed by atoms with E-state index in [0.717, 1.165) is 5.56 Å². The maximum Gasteiger partial charge on any atom is 0.137 e. The number of halogens is 1. The van der Waals surface area contributed by atoms with Crippen LogP contribution < -0.4 is 4.74 Å². The highest BCUT2D eigenvalue weighted by atomic mass is 35.5. The first-order valence-electron chi connectivity index (χ1n) is 6.10. The molecule has 19 heavy (non-hydrogen) atoms. The van der Waals surface area contributed by atoms with Gasteiger partial charge in [0.15, 0.2) is 0 Å². The number of aromatic nitrogens is 1. The van der Waals surface area contributed by atoms with Crippen molar-refractivity contribution in [3.63, 3.8) is 0 Å². The molecule has 0 aliphatic carbocycles. The predicted molar refractivity (Wildman–Crippen MR) is 75.5 cm³/mol. The molecule has 1 aromatic carbocycles. The molecule has 0 amide bonds. The van der Waals surface area contributed by atoms with Gasteiger partial charge in [0.25, 0.3) is 0 Å². The van der Waals surface area contributed by atoms with Gasteiger partial charge >= 0.3 is 0 Å². The van der Waals surface area contributed by atoms with Crippen LogP contribution in [0.2, 0.25) is 5.02 Å². The van der Waals surface area contributed by atoms with Gasteiger partial charge in [-0.25, -0.2) is 0 Å². The van der Waals surface area contributed by atoms with Gasteiger partial charge in [0.1, 0.15) is 11.4 Å². The first-order chi connectivity index (χ1) is 9.04. The number of aliphatic hydroxyl groups is 1. The van der Waals surface area contributed by atoms with Crippen molar-refractivity contribution in [2.24, 2.45) is 0 Å². The van der Waals surface area contributed by atoms with Gasteiger partial charge in [-0.05, 0) is 37.6 Å². The van der Waals surface area contributed by atoms with Crippen molar-refractivity contribution >= 4 is 11.6 Å². The van der Waals surface area contributed by atoms with Crippen molar-refractivity contribution in [2.75, 3.05) is 6.61 Å². The number of benzene rings is 1. The zero-order valence-corrected chi connectivity index (χ0v) is 11.7. The molecule has 4 heteroatoms. The summed E-state index contributed by atoms with van der Waals surface area (Å²) in [6.45, 7) is 4.20. The van der Waals surface area contributed by atoms with E-state index < -0.39 is 5.60 Å². The third-order valence-corrected chi connectivity index (χ3v) is 3.24. The minimum atomic E-state index is -1.13. The van der Waals surface area contributed by atoms with Gasteiger partial charge in [-0.1, -0.05) is 23.7 Å². The topological polar surface area (TPSA) is 42.4 Å². The molecule has 1 N–H and O–H groups in total. The quantitative estimate of drug-likeness (QED) is 0.931. The first-order valence-corrected chi connectivity index (χ1v) is 6.48. The number of hydrogen-bond acceptors (Lipinski definition) is 3. The fourth-order valence-electron chi connectivity index (χ4n) is 1.87. The van der Waals surface area contributed by atoms with E-state index in [1.165, 1.54) is 0 Å². The fourth-order valence-corrected chi connectivity index (χ4v) is 2.00. The van der Waals surface area contributed by atoms with E-state index in [4.69, 9.17) is 16.3 Å². The van der Waals surface area contributed by atoms with Crippen LogP contribution in [0.4, 0.5) is 0 Å². The normalized spacial score (nSPS) is 13.9. The lowest BCUT2D eigenvalue weighted by atomic mass is 9.89. The standard InChI is InChI=1S/C15H16ClNO2/c1-3-19-14-8-12(9-17-10-14)15(2,18)11-4-6-13(16)7-5-11/h4-10,18H,3H2,1-2H3. The molecule has 0 bridgehead atoms. The summed E-state index contributed by atoms with van der Waals surface area (Å²) in [6.07, 6.45) is 3.27. The Morgan fingerprint density at radius 3 is 2.53 bits per heavy atom. The van der Waals surface area contributed by atoms with Crippen LogP contribution in [-0.2, 0) is 5.60 Å². The second-order valence-electron chi connectivity index (χ2n) is 4.42. The molecule has 3 nitrogen and oxygen atoms in total. The summed E-state index contributed by atoms with van der Waals surface area (Å²) in [4.78, 5) is 4.10. The summed E-state index contributed by atoms with van der Waals surface area (Å²) in [6, 6.07) is 8.91. The van der Waals surface area contributed by atoms with Gasteiger partial charge in [-0.2, -0.15) is 0 Å². The van der Waals surface area contributed by atoms with Gasteiger partial charge in [0.05, 0.1) is 12.8 Å². The molecular weight excluding hydrogens is 262 g/mol. The number of rotatable bonds is 4. The Labute approximate surface area is 117 Å². The molecule has 0 spiro atoms. The average molecular weight is 278 g/mol. The summed E-state index contributed by atoms with van der Waals surface area (Å²) in [5.41, 5.74) is 0.304. The van der Waals surface area contributed by atoms with E-state index in [1.807, 2.05) is 6.92 Å². The van der Waals surface area contributed by atoms with E-state index in [1.54, 1.807) is 49.6 Å². The highest BCUT2D eigenvalue weighted by molar-refractivity contribution is 6.30. The van der Waals surface area contributed by atoms with E-state index in [-0.39, 0.29) is 0 Å². The van der Waals surface area contributed by atoms with Gasteiger partial charge in [0, 0.05) is 16.8 Å². The Kier molecular flexibility index (Phi) is 4.08. The first kappa shape index (κ1) is 13.8. The zero-order valence-electron chi connectivity index (χ0n) is 10.9. The van der Waals surface area contributed by atoms with E-state index in [0.29, 0.717) is 22.9 Å². The molecule has 1 atom stereocenters. The average Bonchev–Trinajstić information content (AvgIpc) is 2.40. The molecule has 1 aromatic heterocycles. The Morgan fingerprint density at radius 2 is 1.89 bits per heavy atom. The maximum absolute atomic E-state index is 10.7. The molecular formula is C15H16ClNO2. The fraction of sp³-hybridized carbons (Fsp3) is 0.267. The highest BCUT2D eigenvalue weighted by Crippen LogP contribution is 2.31. The van der Waals surface area contributed by atoms with Gasteiger partial charge in [-0.15, -0.1) is 0 Å². The van der Waals surface area contributed by atoms with Crippen molar-refractivity contribution in [2.45, 2.75) is 19.4 Å². The summed E-state index contributed by atoms with van der Waals surface area (Å²) in [7, 11) is 0. The molecule has 1 unspecified atom stereocenters. The van der Waals surface area contributed by atoms with E-state index >= 15 is 0 Å². The SMILES string of the molecule is CCOc1cncc(C(C)(O)c2ccc(Cl)cc2)c1. The predicted octanol–water partition coefficient (Wildman–Crippen LogP) is 3.39. The lowest BCUT2D eigenvalue weighted by Crippen LogP contribution is -2.23. The second kappa shape index (κ2) is 5.59. The minimum absolute atomic E-state index is 0.564. The summed E-state index contributed by atoms with van der Waals surface area (Å²) >= 11 is 5.86. The lowest BCUT2D eigenvalue weighted by Gasteiger charge is -2.24. The van der Waals surface area contributed by atoms with Crippen LogP contribution in [0.1, 0.15) is 25.0 Å². The van der Waals surface area contributed by atoms with Crippen molar-refractivity contribution < 1.29 is 9.84 Å². The van der Waals surface area contributed by atoms with Crippen LogP contribution in [0.15, 0.2) is 42.7 Å². The Hall–Kier alpha value is -1.58. The van der Waals surface area contributed by atoms with Crippen LogP contribution in [0, 0.1) is 0 Å². The molecule has 0 fully saturated rings. The van der Waals surface area contributed by atoms with E-state index in [9.17, 15) is 5.11 Å². The van der Waals surface area contributed by atoms with Crippen molar-refractivity contribution in [3.05, 3.63) is 58.9 Å². The monoisotopic (exact) mass is 277 g/mol. The Balaban J connectivity index is 2.37. The van der Waals surface area contributed by atoms with Crippen LogP contribution in [0.25, 0.3) is 0 Å². The van der Waals surface area contributed by atoms with Gasteiger partial charge in [0.2, 0.25) is 0 Å². The van der Waals surface area contributed by atoms with Crippen molar-refractivity contribution in [3.8, 4) is 5.75 Å². The molecule has 100 valence electrons. The molecule has 0 aliphatic heterocycles. The summed E-state index contributed by atoms with van der Waals surface area (Å²) in [5.74, 6) is 0.647. The number of pyridine rings is 1. The third-order valence-electron chi connectivity index (χ3n) is 2.99. The lowest BCUT2D eigenvalue weighted by molar-refractivity contribution is 0.101. The molecule has 0 radical (unpaired) electrons. The number of ether oxygens (including phenoxy) is 1. The molecule has 0 saturated heterocycles. The minimum Gasteiger partial charge on any atom is -0.492 e. The molecule has 1 heterocycles. The maximum atomic E-state index is 10.7.